The fourth-order valence-electron chi connectivity index (χ4n) is 1.68. The molecule has 3 nitrogen and oxygen atoms in total. The summed E-state index contributed by atoms with van der Waals surface area (Å²) in [5.74, 6) is -0.434. The van der Waals surface area contributed by atoms with E-state index in [9.17, 15) is 9.18 Å². The highest BCUT2D eigenvalue weighted by Gasteiger charge is 2.06. The Balaban J connectivity index is 2.29. The summed E-state index contributed by atoms with van der Waals surface area (Å²) in [5.41, 5.74) is 7.61. The Kier molecular flexibility index (Phi) is 3.28. The molecule has 92 valence electrons. The van der Waals surface area contributed by atoms with Crippen LogP contribution in [0.1, 0.15) is 17.3 Å². The van der Waals surface area contributed by atoms with Gasteiger partial charge in [0.05, 0.1) is 5.69 Å². The van der Waals surface area contributed by atoms with Gasteiger partial charge in [-0.2, -0.15) is 0 Å². The van der Waals surface area contributed by atoms with Crippen molar-refractivity contribution in [1.82, 2.24) is 0 Å². The quantitative estimate of drug-likeness (QED) is 0.643. The van der Waals surface area contributed by atoms with Gasteiger partial charge in [-0.15, -0.1) is 0 Å². The second-order valence-corrected chi connectivity index (χ2v) is 3.96. The molecule has 0 atom stereocenters. The average molecular weight is 244 g/mol. The van der Waals surface area contributed by atoms with Crippen LogP contribution >= 0.6 is 0 Å². The van der Waals surface area contributed by atoms with Crippen LogP contribution in [0.2, 0.25) is 0 Å². The number of rotatable bonds is 3. The second kappa shape index (κ2) is 4.87. The van der Waals surface area contributed by atoms with E-state index in [-0.39, 0.29) is 11.6 Å². The number of ketones is 1. The number of hydrogen-bond donors (Lipinski definition) is 2. The van der Waals surface area contributed by atoms with Crippen molar-refractivity contribution in [2.24, 2.45) is 0 Å². The van der Waals surface area contributed by atoms with Crippen LogP contribution in [0.5, 0.6) is 0 Å². The molecular formula is C14H13FN2O. The minimum atomic E-state index is -0.341. The number of nitrogen functional groups attached to an aromatic ring is 1. The summed E-state index contributed by atoms with van der Waals surface area (Å²) in [4.78, 5) is 11.2. The van der Waals surface area contributed by atoms with E-state index < -0.39 is 0 Å². The van der Waals surface area contributed by atoms with Crippen molar-refractivity contribution in [3.8, 4) is 0 Å². The van der Waals surface area contributed by atoms with E-state index in [1.807, 2.05) is 0 Å². The van der Waals surface area contributed by atoms with Crippen LogP contribution in [0.3, 0.4) is 0 Å². The van der Waals surface area contributed by atoms with Crippen molar-refractivity contribution in [2.45, 2.75) is 6.92 Å². The molecule has 0 bridgehead atoms. The van der Waals surface area contributed by atoms with Gasteiger partial charge in [0.2, 0.25) is 0 Å². The molecule has 0 aliphatic heterocycles. The molecule has 2 aromatic rings. The van der Waals surface area contributed by atoms with Gasteiger partial charge in [-0.1, -0.05) is 12.1 Å². The zero-order valence-electron chi connectivity index (χ0n) is 9.91. The summed E-state index contributed by atoms with van der Waals surface area (Å²) in [5, 5.41) is 2.91. The molecule has 0 saturated heterocycles. The zero-order chi connectivity index (χ0) is 13.1. The summed E-state index contributed by atoms with van der Waals surface area (Å²) in [6.45, 7) is 1.45. The molecule has 4 heteroatoms. The standard InChI is InChI=1S/C14H13FN2O/c1-9(18)11-7-6-10(8-13(11)16)17-14-5-3-2-4-12(14)15/h2-8,17H,16H2,1H3. The fraction of sp³-hybridized carbons (Fsp3) is 0.0714. The van der Waals surface area contributed by atoms with Crippen molar-refractivity contribution < 1.29 is 9.18 Å². The normalized spacial score (nSPS) is 10.1. The Hall–Kier alpha value is -2.36. The fourth-order valence-corrected chi connectivity index (χ4v) is 1.68. The van der Waals surface area contributed by atoms with Gasteiger partial charge in [-0.05, 0) is 37.3 Å². The van der Waals surface area contributed by atoms with Gasteiger partial charge in [-0.25, -0.2) is 4.39 Å². The molecule has 0 aromatic heterocycles. The number of Topliss-reactive ketones (excluding diaryl/α,β-unsaturated/α-hetero) is 1. The number of halogens is 1. The van der Waals surface area contributed by atoms with Gasteiger partial charge < -0.3 is 11.1 Å². The van der Waals surface area contributed by atoms with E-state index in [0.717, 1.165) is 0 Å². The van der Waals surface area contributed by atoms with E-state index in [2.05, 4.69) is 5.32 Å². The molecule has 2 aromatic carbocycles. The molecule has 0 aliphatic carbocycles. The highest BCUT2D eigenvalue weighted by molar-refractivity contribution is 5.99. The molecule has 18 heavy (non-hydrogen) atoms. The van der Waals surface area contributed by atoms with Crippen molar-refractivity contribution in [3.63, 3.8) is 0 Å². The first-order valence-corrected chi connectivity index (χ1v) is 5.50. The summed E-state index contributed by atoms with van der Waals surface area (Å²) >= 11 is 0. The number of hydrogen-bond acceptors (Lipinski definition) is 3. The lowest BCUT2D eigenvalue weighted by atomic mass is 10.1. The number of nitrogens with two attached hydrogens (primary N) is 1. The molecule has 0 unspecified atom stereocenters. The Bertz CT molecular complexity index is 596. The van der Waals surface area contributed by atoms with Crippen LogP contribution in [0.4, 0.5) is 21.5 Å². The Morgan fingerprint density at radius 2 is 1.94 bits per heavy atom. The van der Waals surface area contributed by atoms with Crippen molar-refractivity contribution in [3.05, 3.63) is 53.8 Å². The number of benzene rings is 2. The predicted molar refractivity (Wildman–Crippen MR) is 70.5 cm³/mol. The van der Waals surface area contributed by atoms with Crippen LogP contribution in [0.25, 0.3) is 0 Å². The predicted octanol–water partition coefficient (Wildman–Crippen LogP) is 3.35. The number of carbonyl (C=O) groups excluding carboxylic acids is 1. The molecular weight excluding hydrogens is 231 g/mol. The third-order valence-corrected chi connectivity index (χ3v) is 2.58. The Morgan fingerprint density at radius 1 is 1.22 bits per heavy atom. The summed E-state index contributed by atoms with van der Waals surface area (Å²) in [7, 11) is 0. The SMILES string of the molecule is CC(=O)c1ccc(Nc2ccccc2F)cc1N. The number of carbonyl (C=O) groups is 1. The van der Waals surface area contributed by atoms with E-state index >= 15 is 0 Å². The first-order valence-electron chi connectivity index (χ1n) is 5.50. The van der Waals surface area contributed by atoms with Gasteiger partial charge in [-0.3, -0.25) is 4.79 Å². The molecule has 0 fully saturated rings. The van der Waals surface area contributed by atoms with Gasteiger partial charge in [0, 0.05) is 16.9 Å². The number of para-hydroxylation sites is 1. The molecule has 0 saturated carbocycles. The lowest BCUT2D eigenvalue weighted by Crippen LogP contribution is -2.01. The molecule has 0 aliphatic rings. The van der Waals surface area contributed by atoms with Gasteiger partial charge >= 0.3 is 0 Å². The molecule has 0 spiro atoms. The number of anilines is 3. The third-order valence-electron chi connectivity index (χ3n) is 2.58. The highest BCUT2D eigenvalue weighted by Crippen LogP contribution is 2.23. The summed E-state index contributed by atoms with van der Waals surface area (Å²) in [6.07, 6.45) is 0. The maximum atomic E-state index is 13.4. The van der Waals surface area contributed by atoms with Crippen LogP contribution < -0.4 is 11.1 Å². The van der Waals surface area contributed by atoms with E-state index in [0.29, 0.717) is 22.6 Å². The van der Waals surface area contributed by atoms with Crippen LogP contribution in [0, 0.1) is 5.82 Å². The minimum Gasteiger partial charge on any atom is -0.398 e. The van der Waals surface area contributed by atoms with Crippen molar-refractivity contribution >= 4 is 22.8 Å². The van der Waals surface area contributed by atoms with Crippen LogP contribution in [0.15, 0.2) is 42.5 Å². The third kappa shape index (κ3) is 2.48. The zero-order valence-corrected chi connectivity index (χ0v) is 9.91. The van der Waals surface area contributed by atoms with Crippen molar-refractivity contribution in [2.75, 3.05) is 11.1 Å². The van der Waals surface area contributed by atoms with E-state index in [1.165, 1.54) is 13.0 Å². The Morgan fingerprint density at radius 3 is 2.56 bits per heavy atom. The second-order valence-electron chi connectivity index (χ2n) is 3.96. The average Bonchev–Trinajstić information content (AvgIpc) is 2.32. The highest BCUT2D eigenvalue weighted by atomic mass is 19.1. The summed E-state index contributed by atoms with van der Waals surface area (Å²) < 4.78 is 13.4. The summed E-state index contributed by atoms with van der Waals surface area (Å²) in [6, 6.07) is 11.3. The smallest absolute Gasteiger partial charge is 0.161 e. The topological polar surface area (TPSA) is 55.1 Å². The van der Waals surface area contributed by atoms with Gasteiger partial charge in [0.1, 0.15) is 5.82 Å². The van der Waals surface area contributed by atoms with Crippen LogP contribution in [-0.2, 0) is 0 Å². The number of nitrogens with one attached hydrogen (secondary N) is 1. The Labute approximate surface area is 104 Å². The minimum absolute atomic E-state index is 0.0926. The molecule has 0 amide bonds. The maximum Gasteiger partial charge on any atom is 0.161 e. The van der Waals surface area contributed by atoms with Crippen molar-refractivity contribution in [1.29, 1.82) is 0 Å². The largest absolute Gasteiger partial charge is 0.398 e. The molecule has 3 N–H and O–H groups in total. The monoisotopic (exact) mass is 244 g/mol. The maximum absolute atomic E-state index is 13.4. The van der Waals surface area contributed by atoms with Crippen LogP contribution in [-0.4, -0.2) is 5.78 Å². The molecule has 2 rings (SSSR count). The lowest BCUT2D eigenvalue weighted by Gasteiger charge is -2.09. The molecule has 0 heterocycles. The van der Waals surface area contributed by atoms with E-state index in [1.54, 1.807) is 36.4 Å². The lowest BCUT2D eigenvalue weighted by molar-refractivity contribution is 0.101. The van der Waals surface area contributed by atoms with E-state index in [4.69, 9.17) is 5.73 Å². The van der Waals surface area contributed by atoms with Gasteiger partial charge in [0.15, 0.2) is 5.78 Å². The molecule has 0 radical (unpaired) electrons. The first kappa shape index (κ1) is 12.1. The van der Waals surface area contributed by atoms with Gasteiger partial charge in [0.25, 0.3) is 0 Å². The first-order chi connectivity index (χ1) is 8.58.